The van der Waals surface area contributed by atoms with Crippen molar-refractivity contribution in [3.63, 3.8) is 0 Å². The second kappa shape index (κ2) is 9.91. The molecule has 0 heterocycles. The van der Waals surface area contributed by atoms with Gasteiger partial charge in [0.1, 0.15) is 24.2 Å². The molecule has 0 aliphatic carbocycles. The van der Waals surface area contributed by atoms with E-state index in [1.165, 1.54) is 6.08 Å². The summed E-state index contributed by atoms with van der Waals surface area (Å²) in [4.78, 5) is 12.7. The van der Waals surface area contributed by atoms with E-state index in [9.17, 15) is 4.79 Å². The smallest absolute Gasteiger partial charge is 0.189 e. The first-order valence-corrected chi connectivity index (χ1v) is 9.30. The summed E-state index contributed by atoms with van der Waals surface area (Å²) in [6, 6.07) is 26.3. The predicted molar refractivity (Wildman–Crippen MR) is 113 cm³/mol. The Labute approximate surface area is 170 Å². The van der Waals surface area contributed by atoms with Crippen molar-refractivity contribution >= 4 is 11.9 Å². The molecule has 29 heavy (non-hydrogen) atoms. The van der Waals surface area contributed by atoms with Crippen LogP contribution in [-0.4, -0.2) is 11.9 Å². The van der Waals surface area contributed by atoms with E-state index >= 15 is 0 Å². The molecule has 0 aliphatic heterocycles. The summed E-state index contributed by atoms with van der Waals surface area (Å²) in [5.74, 6) is 1.04. The van der Waals surface area contributed by atoms with E-state index in [-0.39, 0.29) is 5.78 Å². The molecule has 3 aromatic carbocycles. The molecule has 0 fully saturated rings. The van der Waals surface area contributed by atoms with Crippen LogP contribution in [0.5, 0.6) is 11.5 Å². The molecular formula is C25H21NO3. The van der Waals surface area contributed by atoms with Gasteiger partial charge in [0.2, 0.25) is 0 Å². The number of benzene rings is 3. The summed E-state index contributed by atoms with van der Waals surface area (Å²) in [5, 5.41) is 8.80. The van der Waals surface area contributed by atoms with Crippen LogP contribution < -0.4 is 9.47 Å². The van der Waals surface area contributed by atoms with Crippen LogP contribution in [0.15, 0.2) is 84.9 Å². The van der Waals surface area contributed by atoms with Gasteiger partial charge in [0.05, 0.1) is 5.56 Å². The fourth-order valence-electron chi connectivity index (χ4n) is 2.68. The van der Waals surface area contributed by atoms with Crippen molar-refractivity contribution in [2.24, 2.45) is 0 Å². The van der Waals surface area contributed by atoms with Gasteiger partial charge in [0.25, 0.3) is 0 Å². The number of hydrogen-bond acceptors (Lipinski definition) is 4. The van der Waals surface area contributed by atoms with Gasteiger partial charge < -0.3 is 9.47 Å². The maximum Gasteiger partial charge on any atom is 0.189 e. The molecule has 3 rings (SSSR count). The highest BCUT2D eigenvalue weighted by molar-refractivity contribution is 6.08. The van der Waals surface area contributed by atoms with Crippen LogP contribution in [0.1, 0.15) is 28.4 Å². The molecule has 0 bridgehead atoms. The molecule has 4 nitrogen and oxygen atoms in total. The summed E-state index contributed by atoms with van der Waals surface area (Å²) in [5.41, 5.74) is 2.42. The highest BCUT2D eigenvalue weighted by Crippen LogP contribution is 2.21. The third kappa shape index (κ3) is 5.82. The van der Waals surface area contributed by atoms with Crippen LogP contribution in [0.4, 0.5) is 0 Å². The van der Waals surface area contributed by atoms with Crippen molar-refractivity contribution in [1.82, 2.24) is 0 Å². The maximum absolute atomic E-state index is 12.7. The zero-order chi connectivity index (χ0) is 20.5. The predicted octanol–water partition coefficient (Wildman–Crippen LogP) is 5.45. The van der Waals surface area contributed by atoms with Gasteiger partial charge in [0.15, 0.2) is 11.9 Å². The van der Waals surface area contributed by atoms with Gasteiger partial charge in [-0.2, -0.15) is 5.26 Å². The second-order valence-corrected chi connectivity index (χ2v) is 6.43. The van der Waals surface area contributed by atoms with Crippen LogP contribution in [0.2, 0.25) is 0 Å². The minimum atomic E-state index is -0.509. The minimum absolute atomic E-state index is 0.132. The number of para-hydroxylation sites is 1. The van der Waals surface area contributed by atoms with Gasteiger partial charge in [0, 0.05) is 0 Å². The van der Waals surface area contributed by atoms with Crippen LogP contribution >= 0.6 is 0 Å². The first-order valence-electron chi connectivity index (χ1n) is 9.30. The first kappa shape index (κ1) is 19.9. The van der Waals surface area contributed by atoms with Crippen LogP contribution in [-0.2, 0) is 6.61 Å². The second-order valence-electron chi connectivity index (χ2n) is 6.43. The summed E-state index contributed by atoms with van der Waals surface area (Å²) in [7, 11) is 0. The Hall–Kier alpha value is -3.84. The number of nitrogens with zero attached hydrogens (tertiary/aromatic N) is 1. The Balaban J connectivity index is 1.67. The maximum atomic E-state index is 12.7. The fourth-order valence-corrected chi connectivity index (χ4v) is 2.68. The Morgan fingerprint density at radius 3 is 2.41 bits per heavy atom. The zero-order valence-electron chi connectivity index (χ0n) is 16.1. The fraction of sp³-hybridized carbons (Fsp3) is 0.120. The molecule has 0 aromatic heterocycles. The summed E-state index contributed by atoms with van der Waals surface area (Å²) in [6.07, 6.45) is 2.76. The highest BCUT2D eigenvalue weighted by atomic mass is 16.5. The van der Waals surface area contributed by atoms with E-state index in [1.807, 2.05) is 60.7 Å². The van der Waals surface area contributed by atoms with E-state index in [1.54, 1.807) is 37.3 Å². The van der Waals surface area contributed by atoms with Crippen molar-refractivity contribution in [2.45, 2.75) is 19.6 Å². The van der Waals surface area contributed by atoms with Crippen LogP contribution in [0.25, 0.3) is 6.08 Å². The number of rotatable bonds is 8. The molecule has 0 saturated heterocycles. The van der Waals surface area contributed by atoms with E-state index in [2.05, 4.69) is 0 Å². The Morgan fingerprint density at radius 1 is 1.00 bits per heavy atom. The summed E-state index contributed by atoms with van der Waals surface area (Å²) in [6.45, 7) is 2.08. The number of ketones is 1. The zero-order valence-corrected chi connectivity index (χ0v) is 16.1. The van der Waals surface area contributed by atoms with E-state index in [0.29, 0.717) is 23.7 Å². The van der Waals surface area contributed by atoms with Gasteiger partial charge in [-0.3, -0.25) is 4.79 Å². The minimum Gasteiger partial charge on any atom is -0.488 e. The van der Waals surface area contributed by atoms with Crippen molar-refractivity contribution in [3.8, 4) is 17.6 Å². The lowest BCUT2D eigenvalue weighted by atomic mass is 10.1. The topological polar surface area (TPSA) is 59.3 Å². The van der Waals surface area contributed by atoms with Crippen molar-refractivity contribution in [1.29, 1.82) is 5.26 Å². The first-order chi connectivity index (χ1) is 14.2. The van der Waals surface area contributed by atoms with Gasteiger partial charge in [-0.25, -0.2) is 0 Å². The molecular weight excluding hydrogens is 362 g/mol. The largest absolute Gasteiger partial charge is 0.488 e. The SMILES string of the molecule is CC(C#N)Oc1ccc(/C=C/C(=O)c2ccccc2OCc2ccccc2)cc1. The quantitative estimate of drug-likeness (QED) is 0.383. The number of hydrogen-bond donors (Lipinski definition) is 0. The number of carbonyl (C=O) groups is 1. The van der Waals surface area contributed by atoms with Gasteiger partial charge >= 0.3 is 0 Å². The van der Waals surface area contributed by atoms with E-state index < -0.39 is 6.10 Å². The van der Waals surface area contributed by atoms with E-state index in [0.717, 1.165) is 11.1 Å². The number of ether oxygens (including phenoxy) is 2. The monoisotopic (exact) mass is 383 g/mol. The molecule has 1 atom stereocenters. The lowest BCUT2D eigenvalue weighted by Crippen LogP contribution is -2.07. The molecule has 0 aliphatic rings. The van der Waals surface area contributed by atoms with Crippen molar-refractivity contribution < 1.29 is 14.3 Å². The average molecular weight is 383 g/mol. The Morgan fingerprint density at radius 2 is 1.69 bits per heavy atom. The van der Waals surface area contributed by atoms with Crippen molar-refractivity contribution in [2.75, 3.05) is 0 Å². The number of carbonyl (C=O) groups excluding carboxylic acids is 1. The summed E-state index contributed by atoms with van der Waals surface area (Å²) >= 11 is 0. The summed E-state index contributed by atoms with van der Waals surface area (Å²) < 4.78 is 11.3. The molecule has 0 amide bonds. The third-order valence-electron chi connectivity index (χ3n) is 4.19. The van der Waals surface area contributed by atoms with Gasteiger partial charge in [-0.15, -0.1) is 0 Å². The highest BCUT2D eigenvalue weighted by Gasteiger charge is 2.09. The molecule has 0 spiro atoms. The van der Waals surface area contributed by atoms with Gasteiger partial charge in [-0.1, -0.05) is 60.7 Å². The molecule has 0 N–H and O–H groups in total. The third-order valence-corrected chi connectivity index (χ3v) is 4.19. The lowest BCUT2D eigenvalue weighted by molar-refractivity contribution is 0.104. The standard InChI is InChI=1S/C25H21NO3/c1-19(17-26)29-22-14-11-20(12-15-22)13-16-24(27)23-9-5-6-10-25(23)28-18-21-7-3-2-4-8-21/h2-16,19H,18H2,1H3/b16-13+. The molecule has 1 unspecified atom stereocenters. The number of allylic oxidation sites excluding steroid dienone is 1. The van der Waals surface area contributed by atoms with Crippen molar-refractivity contribution in [3.05, 3.63) is 102 Å². The molecule has 144 valence electrons. The van der Waals surface area contributed by atoms with Crippen LogP contribution in [0.3, 0.4) is 0 Å². The number of nitriles is 1. The van der Waals surface area contributed by atoms with Gasteiger partial charge in [-0.05, 0) is 48.4 Å². The molecule has 0 radical (unpaired) electrons. The molecule has 3 aromatic rings. The normalized spacial score (nSPS) is 11.6. The van der Waals surface area contributed by atoms with E-state index in [4.69, 9.17) is 14.7 Å². The average Bonchev–Trinajstić information content (AvgIpc) is 2.78. The Kier molecular flexibility index (Phi) is 6.80. The van der Waals surface area contributed by atoms with Crippen LogP contribution in [0, 0.1) is 11.3 Å². The molecule has 0 saturated carbocycles. The molecule has 4 heteroatoms. The Bertz CT molecular complexity index is 1020. The lowest BCUT2D eigenvalue weighted by Gasteiger charge is -2.10.